The van der Waals surface area contributed by atoms with Gasteiger partial charge in [0, 0.05) is 11.8 Å². The summed E-state index contributed by atoms with van der Waals surface area (Å²) >= 11 is 6.00. The molecule has 2 aromatic rings. The van der Waals surface area contributed by atoms with E-state index in [1.165, 1.54) is 18.2 Å². The van der Waals surface area contributed by atoms with Gasteiger partial charge in [-0.05, 0) is 36.8 Å². The van der Waals surface area contributed by atoms with Crippen LogP contribution in [0.1, 0.15) is 26.3 Å². The number of nitrogens with one attached hydrogen (secondary N) is 1. The van der Waals surface area contributed by atoms with Gasteiger partial charge in [-0.1, -0.05) is 17.7 Å². The lowest BCUT2D eigenvalue weighted by Crippen LogP contribution is -2.12. The van der Waals surface area contributed by atoms with Gasteiger partial charge in [0.2, 0.25) is 0 Å². The molecular formula is C15H12ClNO4. The highest BCUT2D eigenvalue weighted by molar-refractivity contribution is 6.34. The van der Waals surface area contributed by atoms with E-state index in [9.17, 15) is 14.7 Å². The molecule has 0 aliphatic rings. The van der Waals surface area contributed by atoms with Crippen molar-refractivity contribution in [1.29, 1.82) is 0 Å². The number of aromatic carboxylic acids is 1. The second kappa shape index (κ2) is 5.85. The first-order valence-corrected chi connectivity index (χ1v) is 6.40. The first kappa shape index (κ1) is 14.9. The Hall–Kier alpha value is -2.53. The predicted molar refractivity (Wildman–Crippen MR) is 79.2 cm³/mol. The van der Waals surface area contributed by atoms with Crippen LogP contribution in [0.3, 0.4) is 0 Å². The summed E-state index contributed by atoms with van der Waals surface area (Å²) in [7, 11) is 0. The largest absolute Gasteiger partial charge is 0.507 e. The third kappa shape index (κ3) is 3.32. The Balaban J connectivity index is 2.23. The van der Waals surface area contributed by atoms with Gasteiger partial charge in [0.25, 0.3) is 5.91 Å². The van der Waals surface area contributed by atoms with Crippen molar-refractivity contribution in [1.82, 2.24) is 0 Å². The number of carbonyl (C=O) groups is 2. The summed E-state index contributed by atoms with van der Waals surface area (Å²) in [5, 5.41) is 21.3. The minimum atomic E-state index is -1.24. The average Bonchev–Trinajstić information content (AvgIpc) is 2.37. The highest BCUT2D eigenvalue weighted by atomic mass is 35.5. The van der Waals surface area contributed by atoms with Crippen LogP contribution in [0.2, 0.25) is 5.02 Å². The van der Waals surface area contributed by atoms with Crippen molar-refractivity contribution >= 4 is 29.2 Å². The number of aromatic hydroxyl groups is 1. The molecule has 0 atom stereocenters. The lowest BCUT2D eigenvalue weighted by molar-refractivity contribution is 0.0693. The summed E-state index contributed by atoms with van der Waals surface area (Å²) in [5.74, 6) is -2.11. The van der Waals surface area contributed by atoms with E-state index in [1.54, 1.807) is 18.2 Å². The molecule has 0 unspecified atom stereocenters. The number of hydrogen-bond donors (Lipinski definition) is 3. The number of anilines is 1. The van der Waals surface area contributed by atoms with Crippen LogP contribution < -0.4 is 5.32 Å². The van der Waals surface area contributed by atoms with Crippen LogP contribution in [0.25, 0.3) is 0 Å². The number of benzene rings is 2. The van der Waals surface area contributed by atoms with Crippen molar-refractivity contribution in [3.63, 3.8) is 0 Å². The number of carbonyl (C=O) groups excluding carboxylic acids is 1. The number of amides is 1. The van der Waals surface area contributed by atoms with Gasteiger partial charge in [-0.25, -0.2) is 4.79 Å². The van der Waals surface area contributed by atoms with Gasteiger partial charge in [-0.3, -0.25) is 4.79 Å². The van der Waals surface area contributed by atoms with Gasteiger partial charge >= 0.3 is 5.97 Å². The maximum absolute atomic E-state index is 12.1. The van der Waals surface area contributed by atoms with Gasteiger partial charge in [-0.2, -0.15) is 0 Å². The van der Waals surface area contributed by atoms with Crippen molar-refractivity contribution in [3.8, 4) is 5.75 Å². The molecule has 2 rings (SSSR count). The van der Waals surface area contributed by atoms with Crippen LogP contribution in [-0.2, 0) is 0 Å². The van der Waals surface area contributed by atoms with Crippen molar-refractivity contribution in [2.45, 2.75) is 6.92 Å². The van der Waals surface area contributed by atoms with Crippen LogP contribution in [0.15, 0.2) is 36.4 Å². The Labute approximate surface area is 125 Å². The third-order valence-corrected chi connectivity index (χ3v) is 3.17. The van der Waals surface area contributed by atoms with Crippen molar-refractivity contribution in [2.24, 2.45) is 0 Å². The molecule has 2 aromatic carbocycles. The van der Waals surface area contributed by atoms with Crippen LogP contribution in [0, 0.1) is 6.92 Å². The fourth-order valence-corrected chi connectivity index (χ4v) is 2.11. The summed E-state index contributed by atoms with van der Waals surface area (Å²) in [5.41, 5.74) is 1.27. The lowest BCUT2D eigenvalue weighted by atomic mass is 10.1. The minimum absolute atomic E-state index is 0.235. The zero-order valence-electron chi connectivity index (χ0n) is 11.1. The van der Waals surface area contributed by atoms with E-state index in [0.717, 1.165) is 5.56 Å². The molecule has 1 amide bonds. The SMILES string of the molecule is Cc1ccc(C(=O)Nc2ccc(C(=O)O)c(O)c2)c(Cl)c1. The Morgan fingerprint density at radius 2 is 1.76 bits per heavy atom. The molecule has 6 heteroatoms. The van der Waals surface area contributed by atoms with E-state index in [1.807, 2.05) is 6.92 Å². The molecule has 0 saturated carbocycles. The fraction of sp³-hybridized carbons (Fsp3) is 0.0667. The molecule has 0 radical (unpaired) electrons. The third-order valence-electron chi connectivity index (χ3n) is 2.86. The quantitative estimate of drug-likeness (QED) is 0.812. The Morgan fingerprint density at radius 1 is 1.10 bits per heavy atom. The van der Waals surface area contributed by atoms with Crippen molar-refractivity contribution < 1.29 is 19.8 Å². The number of halogens is 1. The zero-order valence-corrected chi connectivity index (χ0v) is 11.8. The number of aryl methyl sites for hydroxylation is 1. The van der Waals surface area contributed by atoms with Gasteiger partial charge in [-0.15, -0.1) is 0 Å². The second-order valence-electron chi connectivity index (χ2n) is 4.47. The number of carboxylic acid groups (broad SMARTS) is 1. The molecule has 0 heterocycles. The molecule has 0 saturated heterocycles. The maximum atomic E-state index is 12.1. The molecule has 0 aliphatic heterocycles. The van der Waals surface area contributed by atoms with Crippen molar-refractivity contribution in [3.05, 3.63) is 58.1 Å². The minimum Gasteiger partial charge on any atom is -0.507 e. The highest BCUT2D eigenvalue weighted by Crippen LogP contribution is 2.24. The Morgan fingerprint density at radius 3 is 2.33 bits per heavy atom. The normalized spacial score (nSPS) is 10.2. The number of phenols is 1. The molecule has 5 nitrogen and oxygen atoms in total. The second-order valence-corrected chi connectivity index (χ2v) is 4.88. The summed E-state index contributed by atoms with van der Waals surface area (Å²) in [6.45, 7) is 1.86. The van der Waals surface area contributed by atoms with E-state index >= 15 is 0 Å². The van der Waals surface area contributed by atoms with Gasteiger partial charge in [0.15, 0.2) is 0 Å². The Bertz CT molecular complexity index is 728. The predicted octanol–water partition coefficient (Wildman–Crippen LogP) is 3.30. The molecule has 0 aromatic heterocycles. The molecule has 0 aliphatic carbocycles. The summed E-state index contributed by atoms with van der Waals surface area (Å²) in [6.07, 6.45) is 0. The average molecular weight is 306 g/mol. The van der Waals surface area contributed by atoms with Crippen LogP contribution in [0.5, 0.6) is 5.75 Å². The topological polar surface area (TPSA) is 86.6 Å². The first-order chi connectivity index (χ1) is 9.88. The maximum Gasteiger partial charge on any atom is 0.339 e. The van der Waals surface area contributed by atoms with Gasteiger partial charge in [0.05, 0.1) is 10.6 Å². The monoisotopic (exact) mass is 305 g/mol. The molecule has 3 N–H and O–H groups in total. The van der Waals surface area contributed by atoms with Gasteiger partial charge in [0.1, 0.15) is 11.3 Å². The first-order valence-electron chi connectivity index (χ1n) is 6.02. The summed E-state index contributed by atoms with van der Waals surface area (Å²) < 4.78 is 0. The van der Waals surface area contributed by atoms with E-state index in [0.29, 0.717) is 10.6 Å². The van der Waals surface area contributed by atoms with E-state index in [-0.39, 0.29) is 11.3 Å². The van der Waals surface area contributed by atoms with Crippen LogP contribution in [-0.4, -0.2) is 22.1 Å². The highest BCUT2D eigenvalue weighted by Gasteiger charge is 2.13. The number of rotatable bonds is 3. The summed E-state index contributed by atoms with van der Waals surface area (Å²) in [4.78, 5) is 22.9. The zero-order chi connectivity index (χ0) is 15.6. The molecule has 0 bridgehead atoms. The number of carboxylic acids is 1. The lowest BCUT2D eigenvalue weighted by Gasteiger charge is -2.08. The Kier molecular flexibility index (Phi) is 4.14. The molecule has 108 valence electrons. The summed E-state index contributed by atoms with van der Waals surface area (Å²) in [6, 6.07) is 8.79. The van der Waals surface area contributed by atoms with E-state index in [2.05, 4.69) is 5.32 Å². The van der Waals surface area contributed by atoms with E-state index in [4.69, 9.17) is 16.7 Å². The van der Waals surface area contributed by atoms with Crippen molar-refractivity contribution in [2.75, 3.05) is 5.32 Å². The molecule has 0 fully saturated rings. The molecule has 0 spiro atoms. The smallest absolute Gasteiger partial charge is 0.339 e. The molecule has 21 heavy (non-hydrogen) atoms. The van der Waals surface area contributed by atoms with Crippen LogP contribution in [0.4, 0.5) is 5.69 Å². The molecular weight excluding hydrogens is 294 g/mol. The van der Waals surface area contributed by atoms with E-state index < -0.39 is 17.6 Å². The number of hydrogen-bond acceptors (Lipinski definition) is 3. The fourth-order valence-electron chi connectivity index (χ4n) is 1.79. The van der Waals surface area contributed by atoms with Crippen LogP contribution >= 0.6 is 11.6 Å². The van der Waals surface area contributed by atoms with Gasteiger partial charge < -0.3 is 15.5 Å². The standard InChI is InChI=1S/C15H12ClNO4/c1-8-2-4-10(12(16)6-8)14(19)17-9-3-5-11(15(20)21)13(18)7-9/h2-7,18H,1H3,(H,17,19)(H,20,21).